The number of ether oxygens (including phenoxy) is 1. The highest BCUT2D eigenvalue weighted by molar-refractivity contribution is 8.26. The molecule has 0 bridgehead atoms. The lowest BCUT2D eigenvalue weighted by Crippen LogP contribution is -2.40. The average Bonchev–Trinajstić information content (AvgIpc) is 2.98. The highest BCUT2D eigenvalue weighted by atomic mass is 32.2. The van der Waals surface area contributed by atoms with Gasteiger partial charge in [-0.05, 0) is 30.2 Å². The Morgan fingerprint density at radius 2 is 2.11 bits per heavy atom. The number of carbonyl (C=O) groups excluding carboxylic acids is 2. The van der Waals surface area contributed by atoms with Crippen LogP contribution in [-0.4, -0.2) is 27.7 Å². The number of aromatic nitrogens is 1. The number of nitrogens with one attached hydrogen (secondary N) is 1. The molecule has 0 radical (unpaired) electrons. The van der Waals surface area contributed by atoms with Crippen molar-refractivity contribution in [2.45, 2.75) is 13.0 Å². The maximum absolute atomic E-state index is 12.6. The summed E-state index contributed by atoms with van der Waals surface area (Å²) < 4.78 is 5.91. The molecule has 3 heterocycles. The van der Waals surface area contributed by atoms with E-state index in [2.05, 4.69) is 10.3 Å². The number of hydrogen-bond acceptors (Lipinski definition) is 6. The van der Waals surface area contributed by atoms with E-state index in [4.69, 9.17) is 17.0 Å². The van der Waals surface area contributed by atoms with Gasteiger partial charge in [0.2, 0.25) is 5.88 Å². The smallest absolute Gasteiger partial charge is 0.265 e. The van der Waals surface area contributed by atoms with Crippen molar-refractivity contribution in [2.75, 3.05) is 11.5 Å². The van der Waals surface area contributed by atoms with Gasteiger partial charge in [0.15, 0.2) is 6.61 Å². The molecule has 1 aromatic carbocycles. The molecule has 2 aromatic rings. The van der Waals surface area contributed by atoms with Crippen LogP contribution in [0.4, 0.5) is 5.69 Å². The van der Waals surface area contributed by atoms with Crippen LogP contribution in [-0.2, 0) is 9.59 Å². The summed E-state index contributed by atoms with van der Waals surface area (Å²) in [6, 6.07) is 11.4. The van der Waals surface area contributed by atoms with Crippen molar-refractivity contribution in [3.63, 3.8) is 0 Å². The summed E-state index contributed by atoms with van der Waals surface area (Å²) in [5.74, 6) is 0.0303. The summed E-state index contributed by atoms with van der Waals surface area (Å²) in [6.45, 7) is 1.91. The predicted octanol–water partition coefficient (Wildman–Crippen LogP) is 3.06. The number of hydrogen-bond donors (Lipinski definition) is 1. The zero-order valence-corrected chi connectivity index (χ0v) is 16.0. The van der Waals surface area contributed by atoms with E-state index in [1.54, 1.807) is 23.2 Å². The largest absolute Gasteiger partial charge is 0.466 e. The van der Waals surface area contributed by atoms with Crippen LogP contribution in [0.5, 0.6) is 5.88 Å². The summed E-state index contributed by atoms with van der Waals surface area (Å²) in [7, 11) is 0. The molecule has 1 aromatic heterocycles. The number of rotatable bonds is 3. The van der Waals surface area contributed by atoms with Crippen LogP contribution >= 0.6 is 24.0 Å². The van der Waals surface area contributed by atoms with Gasteiger partial charge in [-0.15, -0.1) is 0 Å². The fraction of sp³-hybridized carbons (Fsp3) is 0.158. The predicted molar refractivity (Wildman–Crippen MR) is 108 cm³/mol. The summed E-state index contributed by atoms with van der Waals surface area (Å²) >= 11 is 6.21. The van der Waals surface area contributed by atoms with Crippen molar-refractivity contribution >= 4 is 51.9 Å². The molecule has 2 amide bonds. The first-order valence-corrected chi connectivity index (χ1v) is 9.50. The van der Waals surface area contributed by atoms with Gasteiger partial charge in [-0.2, -0.15) is 0 Å². The summed E-state index contributed by atoms with van der Waals surface area (Å²) in [5.41, 5.74) is 2.29. The minimum Gasteiger partial charge on any atom is -0.466 e. The van der Waals surface area contributed by atoms with Gasteiger partial charge in [0.25, 0.3) is 11.8 Å². The van der Waals surface area contributed by atoms with Gasteiger partial charge in [0.1, 0.15) is 10.0 Å². The lowest BCUT2D eigenvalue weighted by atomic mass is 10.1. The maximum Gasteiger partial charge on any atom is 0.265 e. The van der Waals surface area contributed by atoms with E-state index >= 15 is 0 Å². The first-order chi connectivity index (χ1) is 13.0. The number of nitrogens with zero attached hydrogens (tertiary/aromatic N) is 2. The minimum atomic E-state index is -0.232. The molecule has 8 heteroatoms. The zero-order chi connectivity index (χ0) is 19.0. The Bertz CT molecular complexity index is 975. The summed E-state index contributed by atoms with van der Waals surface area (Å²) in [4.78, 5) is 31.0. The lowest BCUT2D eigenvalue weighted by molar-refractivity contribution is -0.122. The minimum absolute atomic E-state index is 0.0515. The van der Waals surface area contributed by atoms with Crippen LogP contribution < -0.4 is 15.0 Å². The molecule has 0 saturated carbocycles. The van der Waals surface area contributed by atoms with Crippen LogP contribution in [0.1, 0.15) is 24.1 Å². The van der Waals surface area contributed by atoms with E-state index in [1.165, 1.54) is 11.8 Å². The molecule has 136 valence electrons. The molecular formula is C19H15N3O3S2. The molecule has 2 aliphatic rings. The van der Waals surface area contributed by atoms with Gasteiger partial charge in [-0.3, -0.25) is 14.5 Å². The van der Waals surface area contributed by atoms with E-state index < -0.39 is 0 Å². The van der Waals surface area contributed by atoms with E-state index in [-0.39, 0.29) is 24.5 Å². The Labute approximate surface area is 165 Å². The third kappa shape index (κ3) is 3.45. The van der Waals surface area contributed by atoms with E-state index in [0.29, 0.717) is 26.4 Å². The zero-order valence-electron chi connectivity index (χ0n) is 14.3. The third-order valence-corrected chi connectivity index (χ3v) is 5.49. The van der Waals surface area contributed by atoms with E-state index in [0.717, 1.165) is 5.56 Å². The highest BCUT2D eigenvalue weighted by Crippen LogP contribution is 2.37. The number of benzene rings is 1. The molecule has 4 rings (SSSR count). The van der Waals surface area contributed by atoms with Crippen molar-refractivity contribution in [3.8, 4) is 5.88 Å². The van der Waals surface area contributed by atoms with Gasteiger partial charge in [0, 0.05) is 6.20 Å². The average molecular weight is 397 g/mol. The Balaban J connectivity index is 1.73. The number of thiocarbonyl (C=S) groups is 1. The Kier molecular flexibility index (Phi) is 4.67. The second kappa shape index (κ2) is 7.13. The summed E-state index contributed by atoms with van der Waals surface area (Å²) in [5, 5.41) is 2.58. The SMILES string of the molecule is CC(c1ccccc1)N1C(=O)COc2ncc(/C=C3\SC(=S)NC3=O)cc21. The fourth-order valence-corrected chi connectivity index (χ4v) is 4.07. The first-order valence-electron chi connectivity index (χ1n) is 8.27. The van der Waals surface area contributed by atoms with Crippen LogP contribution in [0.2, 0.25) is 0 Å². The van der Waals surface area contributed by atoms with Crippen molar-refractivity contribution in [3.05, 3.63) is 58.6 Å². The molecule has 1 N–H and O–H groups in total. The molecule has 1 atom stereocenters. The fourth-order valence-electron chi connectivity index (χ4n) is 3.03. The van der Waals surface area contributed by atoms with Crippen LogP contribution in [0.3, 0.4) is 0 Å². The lowest BCUT2D eigenvalue weighted by Gasteiger charge is -2.33. The highest BCUT2D eigenvalue weighted by Gasteiger charge is 2.31. The van der Waals surface area contributed by atoms with E-state index in [1.807, 2.05) is 37.3 Å². The third-order valence-electron chi connectivity index (χ3n) is 4.32. The molecule has 0 spiro atoms. The number of fused-ring (bicyclic) bond motifs is 1. The van der Waals surface area contributed by atoms with Gasteiger partial charge >= 0.3 is 0 Å². The number of carbonyl (C=O) groups is 2. The molecule has 2 aliphatic heterocycles. The van der Waals surface area contributed by atoms with Crippen LogP contribution in [0.15, 0.2) is 47.5 Å². The molecule has 1 fully saturated rings. The molecule has 1 unspecified atom stereocenters. The van der Waals surface area contributed by atoms with Gasteiger partial charge in [-0.25, -0.2) is 4.98 Å². The molecule has 27 heavy (non-hydrogen) atoms. The number of anilines is 1. The standard InChI is InChI=1S/C19H15N3O3S2/c1-11(13-5-3-2-4-6-13)22-14-7-12(8-15-17(24)21-19(26)27-15)9-20-18(14)25-10-16(22)23/h2-9,11H,10H2,1H3,(H,21,24,26)/b15-8-. The summed E-state index contributed by atoms with van der Waals surface area (Å²) in [6.07, 6.45) is 3.32. The topological polar surface area (TPSA) is 71.5 Å². The second-order valence-electron chi connectivity index (χ2n) is 6.08. The molecular weight excluding hydrogens is 382 g/mol. The van der Waals surface area contributed by atoms with Gasteiger partial charge < -0.3 is 10.1 Å². The van der Waals surface area contributed by atoms with Crippen molar-refractivity contribution < 1.29 is 14.3 Å². The van der Waals surface area contributed by atoms with Crippen LogP contribution in [0.25, 0.3) is 6.08 Å². The maximum atomic E-state index is 12.6. The van der Waals surface area contributed by atoms with Crippen molar-refractivity contribution in [2.24, 2.45) is 0 Å². The van der Waals surface area contributed by atoms with Crippen LogP contribution in [0, 0.1) is 0 Å². The number of amides is 2. The second-order valence-corrected chi connectivity index (χ2v) is 7.80. The van der Waals surface area contributed by atoms with Gasteiger partial charge in [0.05, 0.1) is 10.9 Å². The monoisotopic (exact) mass is 397 g/mol. The quantitative estimate of drug-likeness (QED) is 0.634. The molecule has 6 nitrogen and oxygen atoms in total. The Hall–Kier alpha value is -2.71. The van der Waals surface area contributed by atoms with Crippen molar-refractivity contribution in [1.29, 1.82) is 0 Å². The molecule has 0 aliphatic carbocycles. The van der Waals surface area contributed by atoms with E-state index in [9.17, 15) is 9.59 Å². The number of pyridine rings is 1. The molecule has 1 saturated heterocycles. The Morgan fingerprint density at radius 3 is 2.81 bits per heavy atom. The Morgan fingerprint density at radius 1 is 1.33 bits per heavy atom. The van der Waals surface area contributed by atoms with Crippen molar-refractivity contribution in [1.82, 2.24) is 10.3 Å². The van der Waals surface area contributed by atoms with Gasteiger partial charge in [-0.1, -0.05) is 54.3 Å². The number of thioether (sulfide) groups is 1. The normalized spacial score (nSPS) is 18.9. The first kappa shape index (κ1) is 17.7.